The number of rotatable bonds is 4. The fourth-order valence-corrected chi connectivity index (χ4v) is 4.08. The van der Waals surface area contributed by atoms with Crippen LogP contribution in [0.1, 0.15) is 45.1 Å². The van der Waals surface area contributed by atoms with Gasteiger partial charge in [0.15, 0.2) is 0 Å². The molecular weight excluding hydrogens is 312 g/mol. The highest BCUT2D eigenvalue weighted by atomic mass is 79.9. The van der Waals surface area contributed by atoms with E-state index in [-0.39, 0.29) is 5.54 Å². The Hall–Kier alpha value is -0.380. The van der Waals surface area contributed by atoms with E-state index in [0.29, 0.717) is 5.41 Å². The van der Waals surface area contributed by atoms with Gasteiger partial charge in [-0.2, -0.15) is 0 Å². The summed E-state index contributed by atoms with van der Waals surface area (Å²) in [5.41, 5.74) is 8.09. The van der Waals surface area contributed by atoms with Crippen LogP contribution in [0.15, 0.2) is 28.7 Å². The van der Waals surface area contributed by atoms with Crippen LogP contribution in [-0.4, -0.2) is 24.0 Å². The van der Waals surface area contributed by atoms with Gasteiger partial charge in [-0.3, -0.25) is 4.90 Å². The minimum Gasteiger partial charge on any atom is -0.329 e. The molecule has 2 nitrogen and oxygen atoms in total. The van der Waals surface area contributed by atoms with Crippen molar-refractivity contribution < 1.29 is 0 Å². The summed E-state index contributed by atoms with van der Waals surface area (Å²) in [5, 5.41) is 0. The van der Waals surface area contributed by atoms with Crippen molar-refractivity contribution in [3.8, 4) is 0 Å². The van der Waals surface area contributed by atoms with Gasteiger partial charge in [-0.05, 0) is 43.4 Å². The summed E-state index contributed by atoms with van der Waals surface area (Å²) >= 11 is 3.65. The number of likely N-dealkylation sites (N-methyl/N-ethyl adjacent to an activating group) is 1. The lowest BCUT2D eigenvalue weighted by Crippen LogP contribution is -2.55. The Morgan fingerprint density at radius 3 is 2.55 bits per heavy atom. The molecule has 0 spiro atoms. The molecule has 1 aromatic rings. The first-order chi connectivity index (χ1) is 9.38. The van der Waals surface area contributed by atoms with Crippen LogP contribution in [0, 0.1) is 5.41 Å². The predicted molar refractivity (Wildman–Crippen MR) is 89.6 cm³/mol. The molecule has 0 aromatic heterocycles. The van der Waals surface area contributed by atoms with Crippen molar-refractivity contribution in [2.24, 2.45) is 11.1 Å². The summed E-state index contributed by atoms with van der Waals surface area (Å²) in [6.45, 7) is 6.46. The standard InChI is InChI=1S/C17H27BrN2/c1-16(2)9-6-10-17(12-16,13-19)20(3)11-14-7-4-5-8-15(14)18/h4-5,7-8H,6,9-13,19H2,1-3H3. The molecule has 1 saturated carbocycles. The minimum absolute atomic E-state index is 0.150. The topological polar surface area (TPSA) is 29.3 Å². The number of hydrogen-bond donors (Lipinski definition) is 1. The number of nitrogens with two attached hydrogens (primary N) is 1. The quantitative estimate of drug-likeness (QED) is 0.892. The van der Waals surface area contributed by atoms with Crippen molar-refractivity contribution in [3.63, 3.8) is 0 Å². The molecule has 0 amide bonds. The van der Waals surface area contributed by atoms with Crippen molar-refractivity contribution in [1.82, 2.24) is 4.90 Å². The summed E-state index contributed by atoms with van der Waals surface area (Å²) < 4.78 is 1.19. The Bertz CT molecular complexity index is 458. The Morgan fingerprint density at radius 1 is 1.25 bits per heavy atom. The maximum Gasteiger partial charge on any atom is 0.0337 e. The van der Waals surface area contributed by atoms with Gasteiger partial charge in [0.05, 0.1) is 0 Å². The van der Waals surface area contributed by atoms with Gasteiger partial charge in [0.25, 0.3) is 0 Å². The molecule has 2 N–H and O–H groups in total. The van der Waals surface area contributed by atoms with Gasteiger partial charge in [0.1, 0.15) is 0 Å². The largest absolute Gasteiger partial charge is 0.329 e. The smallest absolute Gasteiger partial charge is 0.0337 e. The first-order valence-corrected chi connectivity index (χ1v) is 8.33. The SMILES string of the molecule is CN(Cc1ccccc1Br)C1(CN)CCCC(C)(C)C1. The van der Waals surface area contributed by atoms with E-state index in [2.05, 4.69) is 66.0 Å². The molecule has 0 heterocycles. The van der Waals surface area contributed by atoms with E-state index in [1.165, 1.54) is 35.7 Å². The molecule has 1 aromatic carbocycles. The maximum atomic E-state index is 6.20. The van der Waals surface area contributed by atoms with Crippen LogP contribution in [-0.2, 0) is 6.54 Å². The summed E-state index contributed by atoms with van der Waals surface area (Å²) in [5.74, 6) is 0. The highest BCUT2D eigenvalue weighted by Gasteiger charge is 2.41. The Kier molecular flexibility index (Phi) is 4.93. The molecular formula is C17H27BrN2. The lowest BCUT2D eigenvalue weighted by Gasteiger charge is -2.50. The molecule has 0 bridgehead atoms. The van der Waals surface area contributed by atoms with Crippen LogP contribution in [0.25, 0.3) is 0 Å². The predicted octanol–water partition coefficient (Wildman–Crippen LogP) is 4.18. The fraction of sp³-hybridized carbons (Fsp3) is 0.647. The molecule has 1 atom stereocenters. The van der Waals surface area contributed by atoms with E-state index < -0.39 is 0 Å². The zero-order chi connectivity index (χ0) is 14.8. The van der Waals surface area contributed by atoms with Gasteiger partial charge in [0, 0.05) is 23.1 Å². The zero-order valence-electron chi connectivity index (χ0n) is 13.0. The van der Waals surface area contributed by atoms with Crippen molar-refractivity contribution >= 4 is 15.9 Å². The fourth-order valence-electron chi connectivity index (χ4n) is 3.67. The lowest BCUT2D eigenvalue weighted by molar-refractivity contribution is 0.0222. The van der Waals surface area contributed by atoms with Crippen molar-refractivity contribution in [3.05, 3.63) is 34.3 Å². The van der Waals surface area contributed by atoms with Crippen molar-refractivity contribution in [2.75, 3.05) is 13.6 Å². The molecule has 1 fully saturated rings. The molecule has 1 unspecified atom stereocenters. The van der Waals surface area contributed by atoms with Gasteiger partial charge in [-0.1, -0.05) is 54.4 Å². The van der Waals surface area contributed by atoms with Gasteiger partial charge in [-0.25, -0.2) is 0 Å². The van der Waals surface area contributed by atoms with E-state index in [0.717, 1.165) is 13.1 Å². The molecule has 112 valence electrons. The first kappa shape index (κ1) is 16.0. The molecule has 1 aliphatic rings. The highest BCUT2D eigenvalue weighted by Crippen LogP contribution is 2.43. The maximum absolute atomic E-state index is 6.20. The molecule has 20 heavy (non-hydrogen) atoms. The molecule has 0 radical (unpaired) electrons. The summed E-state index contributed by atoms with van der Waals surface area (Å²) in [7, 11) is 2.23. The van der Waals surface area contributed by atoms with Crippen LogP contribution in [0.5, 0.6) is 0 Å². The van der Waals surface area contributed by atoms with Crippen LogP contribution in [0.4, 0.5) is 0 Å². The van der Waals surface area contributed by atoms with Gasteiger partial charge >= 0.3 is 0 Å². The summed E-state index contributed by atoms with van der Waals surface area (Å²) in [4.78, 5) is 2.48. The number of benzene rings is 1. The van der Waals surface area contributed by atoms with Crippen LogP contribution < -0.4 is 5.73 Å². The number of halogens is 1. The van der Waals surface area contributed by atoms with Crippen LogP contribution in [0.3, 0.4) is 0 Å². The minimum atomic E-state index is 0.150. The van der Waals surface area contributed by atoms with E-state index >= 15 is 0 Å². The second-order valence-electron chi connectivity index (χ2n) is 7.07. The highest BCUT2D eigenvalue weighted by molar-refractivity contribution is 9.10. The Labute approximate surface area is 131 Å². The van der Waals surface area contributed by atoms with Crippen molar-refractivity contribution in [2.45, 2.75) is 51.6 Å². The average Bonchev–Trinajstić information content (AvgIpc) is 2.40. The van der Waals surface area contributed by atoms with E-state index in [9.17, 15) is 0 Å². The van der Waals surface area contributed by atoms with Crippen LogP contribution >= 0.6 is 15.9 Å². The molecule has 1 aliphatic carbocycles. The van der Waals surface area contributed by atoms with E-state index in [4.69, 9.17) is 5.73 Å². The second kappa shape index (κ2) is 6.17. The summed E-state index contributed by atoms with van der Waals surface area (Å²) in [6, 6.07) is 8.48. The third kappa shape index (κ3) is 3.44. The molecule has 2 rings (SSSR count). The number of hydrogen-bond acceptors (Lipinski definition) is 2. The third-order valence-electron chi connectivity index (χ3n) is 4.86. The van der Waals surface area contributed by atoms with E-state index in [1.54, 1.807) is 0 Å². The molecule has 3 heteroatoms. The Morgan fingerprint density at radius 2 is 1.95 bits per heavy atom. The van der Waals surface area contributed by atoms with Gasteiger partial charge in [-0.15, -0.1) is 0 Å². The van der Waals surface area contributed by atoms with E-state index in [1.807, 2.05) is 0 Å². The zero-order valence-corrected chi connectivity index (χ0v) is 14.5. The van der Waals surface area contributed by atoms with Crippen LogP contribution in [0.2, 0.25) is 0 Å². The number of nitrogens with zero attached hydrogens (tertiary/aromatic N) is 1. The summed E-state index contributed by atoms with van der Waals surface area (Å²) in [6.07, 6.45) is 5.01. The Balaban J connectivity index is 2.17. The lowest BCUT2D eigenvalue weighted by atomic mass is 9.67. The third-order valence-corrected chi connectivity index (χ3v) is 5.63. The monoisotopic (exact) mass is 338 g/mol. The molecule has 0 saturated heterocycles. The average molecular weight is 339 g/mol. The van der Waals surface area contributed by atoms with Gasteiger partial charge in [0.2, 0.25) is 0 Å². The second-order valence-corrected chi connectivity index (χ2v) is 7.92. The van der Waals surface area contributed by atoms with Crippen molar-refractivity contribution in [1.29, 1.82) is 0 Å². The van der Waals surface area contributed by atoms with Gasteiger partial charge < -0.3 is 5.73 Å². The normalized spacial score (nSPS) is 25.9. The molecule has 0 aliphatic heterocycles. The first-order valence-electron chi connectivity index (χ1n) is 7.53.